The smallest absolute Gasteiger partial charge is 0.220 e. The summed E-state index contributed by atoms with van der Waals surface area (Å²) in [7, 11) is 0. The fraction of sp³-hybridized carbons (Fsp3) is 0.938. The molecule has 0 aromatic heterocycles. The van der Waals surface area contributed by atoms with Crippen molar-refractivity contribution in [1.82, 2.24) is 10.6 Å². The molecule has 4 nitrogen and oxygen atoms in total. The third kappa shape index (κ3) is 2.73. The van der Waals surface area contributed by atoms with E-state index in [1.807, 2.05) is 0 Å². The molecule has 2 bridgehead atoms. The van der Waals surface area contributed by atoms with Gasteiger partial charge in [-0.2, -0.15) is 0 Å². The molecule has 3 aliphatic heterocycles. The molecule has 1 saturated carbocycles. The molecule has 0 aromatic rings. The molecule has 1 amide bonds. The second-order valence-electron chi connectivity index (χ2n) is 7.31. The van der Waals surface area contributed by atoms with E-state index in [1.165, 1.54) is 38.5 Å². The number of carbonyl (C=O) groups excluding carboxylic acids is 1. The molecule has 112 valence electrons. The lowest BCUT2D eigenvalue weighted by Crippen LogP contribution is -2.44. The summed E-state index contributed by atoms with van der Waals surface area (Å²) in [4.78, 5) is 12.3. The molecule has 3 saturated heterocycles. The molecule has 4 heteroatoms. The van der Waals surface area contributed by atoms with Crippen molar-refractivity contribution >= 4 is 5.91 Å². The first-order chi connectivity index (χ1) is 9.78. The van der Waals surface area contributed by atoms with Gasteiger partial charge in [0.25, 0.3) is 0 Å². The van der Waals surface area contributed by atoms with Gasteiger partial charge in [0.2, 0.25) is 5.91 Å². The maximum Gasteiger partial charge on any atom is 0.220 e. The summed E-state index contributed by atoms with van der Waals surface area (Å²) in [5.41, 5.74) is 0. The Hall–Kier alpha value is -0.610. The van der Waals surface area contributed by atoms with Crippen LogP contribution in [0.15, 0.2) is 0 Å². The molecule has 4 unspecified atom stereocenters. The molecule has 0 aromatic carbocycles. The number of hydrogen-bond acceptors (Lipinski definition) is 3. The Morgan fingerprint density at radius 3 is 2.55 bits per heavy atom. The molecule has 2 N–H and O–H groups in total. The van der Waals surface area contributed by atoms with Crippen molar-refractivity contribution in [2.45, 2.75) is 75.6 Å². The first-order valence-electron chi connectivity index (χ1n) is 8.45. The minimum atomic E-state index is 0.262. The van der Waals surface area contributed by atoms with Crippen LogP contribution < -0.4 is 10.6 Å². The van der Waals surface area contributed by atoms with Gasteiger partial charge in [-0.15, -0.1) is 0 Å². The van der Waals surface area contributed by atoms with Crippen molar-refractivity contribution in [3.8, 4) is 0 Å². The maximum absolute atomic E-state index is 12.3. The summed E-state index contributed by atoms with van der Waals surface area (Å²) in [5.74, 6) is 1.57. The Bertz CT molecular complexity index is 371. The summed E-state index contributed by atoms with van der Waals surface area (Å²) in [6, 6.07) is 1.65. The van der Waals surface area contributed by atoms with E-state index in [9.17, 15) is 4.79 Å². The minimum Gasteiger partial charge on any atom is -0.376 e. The molecule has 20 heavy (non-hydrogen) atoms. The SMILES string of the molecule is O=C(CC1CC2CCC(C1)N2)NC1CCOC1C1CC1. The maximum atomic E-state index is 12.3. The molecule has 4 fully saturated rings. The molecule has 0 spiro atoms. The highest BCUT2D eigenvalue weighted by Gasteiger charge is 2.41. The number of rotatable bonds is 4. The van der Waals surface area contributed by atoms with Gasteiger partial charge in [-0.05, 0) is 56.8 Å². The highest BCUT2D eigenvalue weighted by atomic mass is 16.5. The molecular weight excluding hydrogens is 252 g/mol. The number of hydrogen-bond donors (Lipinski definition) is 2. The normalized spacial score (nSPS) is 43.7. The van der Waals surface area contributed by atoms with E-state index in [4.69, 9.17) is 4.74 Å². The van der Waals surface area contributed by atoms with Gasteiger partial charge in [-0.3, -0.25) is 4.79 Å². The average molecular weight is 278 g/mol. The molecule has 4 rings (SSSR count). The second-order valence-corrected chi connectivity index (χ2v) is 7.31. The second kappa shape index (κ2) is 5.30. The van der Waals surface area contributed by atoms with Crippen LogP contribution >= 0.6 is 0 Å². The summed E-state index contributed by atoms with van der Waals surface area (Å²) in [5, 5.41) is 6.91. The standard InChI is InChI=1S/C16H26N2O2/c19-15(9-10-7-12-3-4-13(8-10)17-12)18-14-5-6-20-16(14)11-1-2-11/h10-14,16-17H,1-9H2,(H,18,19). The number of ether oxygens (including phenoxy) is 1. The molecule has 3 heterocycles. The zero-order valence-electron chi connectivity index (χ0n) is 12.1. The molecule has 0 radical (unpaired) electrons. The third-order valence-electron chi connectivity index (χ3n) is 5.61. The van der Waals surface area contributed by atoms with Crippen molar-refractivity contribution in [2.75, 3.05) is 6.61 Å². The van der Waals surface area contributed by atoms with E-state index in [2.05, 4.69) is 10.6 Å². The Kier molecular flexibility index (Phi) is 3.47. The first kappa shape index (κ1) is 13.1. The number of piperidine rings is 1. The van der Waals surface area contributed by atoms with Crippen LogP contribution in [0.25, 0.3) is 0 Å². The highest BCUT2D eigenvalue weighted by Crippen LogP contribution is 2.39. The Morgan fingerprint density at radius 1 is 1.10 bits per heavy atom. The van der Waals surface area contributed by atoms with Crippen molar-refractivity contribution in [2.24, 2.45) is 11.8 Å². The molecular formula is C16H26N2O2. The van der Waals surface area contributed by atoms with E-state index < -0.39 is 0 Å². The Morgan fingerprint density at radius 2 is 1.85 bits per heavy atom. The van der Waals surface area contributed by atoms with Crippen molar-refractivity contribution in [1.29, 1.82) is 0 Å². The van der Waals surface area contributed by atoms with Crippen molar-refractivity contribution in [3.05, 3.63) is 0 Å². The van der Waals surface area contributed by atoms with Gasteiger partial charge in [0.05, 0.1) is 12.1 Å². The van der Waals surface area contributed by atoms with Gasteiger partial charge in [-0.1, -0.05) is 0 Å². The van der Waals surface area contributed by atoms with E-state index in [-0.39, 0.29) is 11.9 Å². The monoisotopic (exact) mass is 278 g/mol. The predicted molar refractivity (Wildman–Crippen MR) is 76.3 cm³/mol. The van der Waals surface area contributed by atoms with Gasteiger partial charge >= 0.3 is 0 Å². The fourth-order valence-corrected chi connectivity index (χ4v) is 4.52. The quantitative estimate of drug-likeness (QED) is 0.821. The molecule has 4 atom stereocenters. The van der Waals surface area contributed by atoms with Gasteiger partial charge in [0.15, 0.2) is 0 Å². The van der Waals surface area contributed by atoms with E-state index in [0.717, 1.165) is 25.4 Å². The van der Waals surface area contributed by atoms with Crippen molar-refractivity contribution < 1.29 is 9.53 Å². The summed E-state index contributed by atoms with van der Waals surface area (Å²) >= 11 is 0. The van der Waals surface area contributed by atoms with Gasteiger partial charge in [0, 0.05) is 25.1 Å². The fourth-order valence-electron chi connectivity index (χ4n) is 4.52. The van der Waals surface area contributed by atoms with Gasteiger partial charge in [-0.25, -0.2) is 0 Å². The van der Waals surface area contributed by atoms with E-state index in [0.29, 0.717) is 24.1 Å². The zero-order valence-corrected chi connectivity index (χ0v) is 12.1. The summed E-state index contributed by atoms with van der Waals surface area (Å²) < 4.78 is 5.80. The summed E-state index contributed by atoms with van der Waals surface area (Å²) in [6.45, 7) is 0.823. The predicted octanol–water partition coefficient (Wildman–Crippen LogP) is 1.59. The number of fused-ring (bicyclic) bond motifs is 2. The lowest BCUT2D eigenvalue weighted by atomic mass is 9.89. The van der Waals surface area contributed by atoms with Crippen LogP contribution in [-0.4, -0.2) is 36.7 Å². The van der Waals surface area contributed by atoms with Crippen LogP contribution in [0.3, 0.4) is 0 Å². The third-order valence-corrected chi connectivity index (χ3v) is 5.61. The minimum absolute atomic E-state index is 0.262. The van der Waals surface area contributed by atoms with Crippen LogP contribution in [0.4, 0.5) is 0 Å². The van der Waals surface area contributed by atoms with Gasteiger partial charge in [0.1, 0.15) is 0 Å². The molecule has 4 aliphatic rings. The number of carbonyl (C=O) groups is 1. The lowest BCUT2D eigenvalue weighted by Gasteiger charge is -2.29. The first-order valence-corrected chi connectivity index (χ1v) is 8.45. The van der Waals surface area contributed by atoms with Crippen LogP contribution in [0.5, 0.6) is 0 Å². The Labute approximate surface area is 121 Å². The topological polar surface area (TPSA) is 50.4 Å². The lowest BCUT2D eigenvalue weighted by molar-refractivity contribution is -0.123. The average Bonchev–Trinajstić information content (AvgIpc) is 3.07. The van der Waals surface area contributed by atoms with E-state index in [1.54, 1.807) is 0 Å². The Balaban J connectivity index is 1.27. The number of amides is 1. The largest absolute Gasteiger partial charge is 0.376 e. The van der Waals surface area contributed by atoms with Crippen LogP contribution in [0, 0.1) is 11.8 Å². The highest BCUT2D eigenvalue weighted by molar-refractivity contribution is 5.76. The zero-order chi connectivity index (χ0) is 13.5. The van der Waals surface area contributed by atoms with Gasteiger partial charge < -0.3 is 15.4 Å². The van der Waals surface area contributed by atoms with E-state index >= 15 is 0 Å². The summed E-state index contributed by atoms with van der Waals surface area (Å²) in [6.07, 6.45) is 9.61. The van der Waals surface area contributed by atoms with Crippen LogP contribution in [0.2, 0.25) is 0 Å². The van der Waals surface area contributed by atoms with Crippen LogP contribution in [-0.2, 0) is 9.53 Å². The van der Waals surface area contributed by atoms with Crippen LogP contribution in [0.1, 0.15) is 51.4 Å². The number of nitrogens with one attached hydrogen (secondary N) is 2. The van der Waals surface area contributed by atoms with Crippen molar-refractivity contribution in [3.63, 3.8) is 0 Å². The molecule has 1 aliphatic carbocycles.